The van der Waals surface area contributed by atoms with E-state index in [1.807, 2.05) is 25.1 Å². The average Bonchev–Trinajstić information content (AvgIpc) is 2.60. The highest BCUT2D eigenvalue weighted by atomic mass is 16.2. The summed E-state index contributed by atoms with van der Waals surface area (Å²) in [6.45, 7) is 1.92. The zero-order chi connectivity index (χ0) is 17.4. The molecule has 0 aromatic heterocycles. The molecule has 1 aliphatic carbocycles. The van der Waals surface area contributed by atoms with E-state index in [-0.39, 0.29) is 18.4 Å². The number of nitrogens with one attached hydrogen (secondary N) is 2. The third-order valence-electron chi connectivity index (χ3n) is 4.57. The Labute approximate surface area is 143 Å². The van der Waals surface area contributed by atoms with Crippen molar-refractivity contribution in [1.29, 1.82) is 5.26 Å². The van der Waals surface area contributed by atoms with Crippen LogP contribution in [0.4, 0.5) is 0 Å². The first kappa shape index (κ1) is 18.0. The van der Waals surface area contributed by atoms with Gasteiger partial charge in [0.2, 0.25) is 5.91 Å². The molecule has 5 nitrogen and oxygen atoms in total. The molecule has 0 aliphatic heterocycles. The Morgan fingerprint density at radius 1 is 1.21 bits per heavy atom. The van der Waals surface area contributed by atoms with Gasteiger partial charge in [0.25, 0.3) is 5.91 Å². The van der Waals surface area contributed by atoms with Gasteiger partial charge in [-0.15, -0.1) is 0 Å². The maximum absolute atomic E-state index is 12.4. The highest BCUT2D eigenvalue weighted by Gasteiger charge is 2.26. The van der Waals surface area contributed by atoms with Crippen molar-refractivity contribution in [2.75, 3.05) is 6.54 Å². The summed E-state index contributed by atoms with van der Waals surface area (Å²) in [5, 5.41) is 14.1. The molecule has 1 saturated carbocycles. The minimum atomic E-state index is -0.588. The van der Waals surface area contributed by atoms with E-state index in [1.54, 1.807) is 12.1 Å². The Hall–Kier alpha value is -2.35. The van der Waals surface area contributed by atoms with Crippen molar-refractivity contribution in [2.24, 2.45) is 5.92 Å². The van der Waals surface area contributed by atoms with Crippen molar-refractivity contribution in [3.05, 3.63) is 35.4 Å². The van der Waals surface area contributed by atoms with Gasteiger partial charge < -0.3 is 10.6 Å². The van der Waals surface area contributed by atoms with E-state index in [2.05, 4.69) is 10.6 Å². The second-order valence-corrected chi connectivity index (χ2v) is 6.51. The Bertz CT molecular complexity index is 598. The molecular weight excluding hydrogens is 302 g/mol. The molecule has 1 aromatic rings. The summed E-state index contributed by atoms with van der Waals surface area (Å²) < 4.78 is 0. The van der Waals surface area contributed by atoms with Gasteiger partial charge in [0.1, 0.15) is 12.6 Å². The number of benzene rings is 1. The SMILES string of the molecule is Cc1ccc(C(=O)N[C@@H](CC2CCCCC2)C(=O)NCC#N)cc1. The molecule has 0 spiro atoms. The topological polar surface area (TPSA) is 82.0 Å². The molecule has 2 N–H and O–H groups in total. The standard InChI is InChI=1S/C19H25N3O2/c1-14-7-9-16(10-8-14)18(23)22-17(19(24)21-12-11-20)13-15-5-3-2-4-6-15/h7-10,15,17H,2-6,12-13H2,1H3,(H,21,24)(H,22,23)/t17-/m0/s1. The Kier molecular flexibility index (Phi) is 6.80. The molecule has 128 valence electrons. The van der Waals surface area contributed by atoms with E-state index >= 15 is 0 Å². The molecule has 5 heteroatoms. The second-order valence-electron chi connectivity index (χ2n) is 6.51. The van der Waals surface area contributed by atoms with E-state index in [1.165, 1.54) is 19.3 Å². The molecule has 24 heavy (non-hydrogen) atoms. The van der Waals surface area contributed by atoms with Gasteiger partial charge in [-0.05, 0) is 31.4 Å². The largest absolute Gasteiger partial charge is 0.341 e. The molecular formula is C19H25N3O2. The molecule has 2 amide bonds. The van der Waals surface area contributed by atoms with Crippen LogP contribution >= 0.6 is 0 Å². The highest BCUT2D eigenvalue weighted by Crippen LogP contribution is 2.27. The van der Waals surface area contributed by atoms with Crippen molar-refractivity contribution >= 4 is 11.8 Å². The van der Waals surface area contributed by atoms with E-state index < -0.39 is 6.04 Å². The summed E-state index contributed by atoms with van der Waals surface area (Å²) in [6, 6.07) is 8.59. The van der Waals surface area contributed by atoms with Crippen molar-refractivity contribution in [1.82, 2.24) is 10.6 Å². The first-order valence-electron chi connectivity index (χ1n) is 8.62. The number of nitriles is 1. The van der Waals surface area contributed by atoms with Crippen molar-refractivity contribution in [3.63, 3.8) is 0 Å². The molecule has 0 unspecified atom stereocenters. The molecule has 0 saturated heterocycles. The lowest BCUT2D eigenvalue weighted by atomic mass is 9.84. The summed E-state index contributed by atoms with van der Waals surface area (Å²) >= 11 is 0. The molecule has 0 radical (unpaired) electrons. The van der Waals surface area contributed by atoms with Crippen LogP contribution in [0.2, 0.25) is 0 Å². The Morgan fingerprint density at radius 3 is 2.50 bits per heavy atom. The van der Waals surface area contributed by atoms with E-state index in [0.29, 0.717) is 17.9 Å². The quantitative estimate of drug-likeness (QED) is 0.788. The molecule has 1 aliphatic rings. The molecule has 1 fully saturated rings. The fourth-order valence-corrected chi connectivity index (χ4v) is 3.18. The van der Waals surface area contributed by atoms with Gasteiger partial charge in [0.15, 0.2) is 0 Å². The Morgan fingerprint density at radius 2 is 1.88 bits per heavy atom. The lowest BCUT2D eigenvalue weighted by Gasteiger charge is -2.26. The Balaban J connectivity index is 2.03. The minimum absolute atomic E-state index is 0.0413. The monoisotopic (exact) mass is 327 g/mol. The number of aryl methyl sites for hydroxylation is 1. The third-order valence-corrected chi connectivity index (χ3v) is 4.57. The molecule has 1 aromatic carbocycles. The summed E-state index contributed by atoms with van der Waals surface area (Å²) in [4.78, 5) is 24.7. The lowest BCUT2D eigenvalue weighted by molar-refractivity contribution is -0.123. The predicted molar refractivity (Wildman–Crippen MR) is 92.2 cm³/mol. The molecule has 2 rings (SSSR count). The van der Waals surface area contributed by atoms with Crippen LogP contribution < -0.4 is 10.6 Å². The number of hydrogen-bond donors (Lipinski definition) is 2. The van der Waals surface area contributed by atoms with Gasteiger partial charge in [0, 0.05) is 5.56 Å². The normalized spacial score (nSPS) is 16.0. The summed E-state index contributed by atoms with van der Waals surface area (Å²) in [5.41, 5.74) is 1.62. The van der Waals surface area contributed by atoms with Crippen LogP contribution in [0.1, 0.15) is 54.4 Å². The lowest BCUT2D eigenvalue weighted by Crippen LogP contribution is -2.48. The molecule has 0 bridgehead atoms. The number of amides is 2. The smallest absolute Gasteiger partial charge is 0.251 e. The minimum Gasteiger partial charge on any atom is -0.341 e. The van der Waals surface area contributed by atoms with Gasteiger partial charge in [-0.2, -0.15) is 5.26 Å². The summed E-state index contributed by atoms with van der Waals surface area (Å²) in [6.07, 6.45) is 6.45. The number of carbonyl (C=O) groups is 2. The first-order chi connectivity index (χ1) is 11.6. The van der Waals surface area contributed by atoms with Crippen LogP contribution in [0.25, 0.3) is 0 Å². The van der Waals surface area contributed by atoms with Crippen LogP contribution in [0.5, 0.6) is 0 Å². The maximum Gasteiger partial charge on any atom is 0.251 e. The van der Waals surface area contributed by atoms with Crippen LogP contribution in [-0.4, -0.2) is 24.4 Å². The number of carbonyl (C=O) groups excluding carboxylic acids is 2. The van der Waals surface area contributed by atoms with E-state index in [4.69, 9.17) is 5.26 Å². The van der Waals surface area contributed by atoms with Crippen LogP contribution in [0.15, 0.2) is 24.3 Å². The zero-order valence-corrected chi connectivity index (χ0v) is 14.2. The van der Waals surface area contributed by atoms with Crippen LogP contribution in [0, 0.1) is 24.2 Å². The van der Waals surface area contributed by atoms with Crippen molar-refractivity contribution < 1.29 is 9.59 Å². The average molecular weight is 327 g/mol. The fourth-order valence-electron chi connectivity index (χ4n) is 3.18. The zero-order valence-electron chi connectivity index (χ0n) is 14.2. The number of hydrogen-bond acceptors (Lipinski definition) is 3. The van der Waals surface area contributed by atoms with E-state index in [9.17, 15) is 9.59 Å². The van der Waals surface area contributed by atoms with Crippen molar-refractivity contribution in [3.8, 4) is 6.07 Å². The summed E-state index contributed by atoms with van der Waals surface area (Å²) in [7, 11) is 0. The maximum atomic E-state index is 12.4. The van der Waals surface area contributed by atoms with E-state index in [0.717, 1.165) is 18.4 Å². The van der Waals surface area contributed by atoms with Gasteiger partial charge in [0.05, 0.1) is 6.07 Å². The third kappa shape index (κ3) is 5.38. The number of rotatable bonds is 6. The second kappa shape index (κ2) is 9.07. The molecule has 1 atom stereocenters. The van der Waals surface area contributed by atoms with Gasteiger partial charge in [-0.1, -0.05) is 49.8 Å². The number of nitrogens with zero attached hydrogens (tertiary/aromatic N) is 1. The predicted octanol–water partition coefficient (Wildman–Crippen LogP) is 2.70. The molecule has 0 heterocycles. The van der Waals surface area contributed by atoms with Gasteiger partial charge >= 0.3 is 0 Å². The van der Waals surface area contributed by atoms with Crippen LogP contribution in [0.3, 0.4) is 0 Å². The highest BCUT2D eigenvalue weighted by molar-refractivity contribution is 5.97. The van der Waals surface area contributed by atoms with Gasteiger partial charge in [-0.3, -0.25) is 9.59 Å². The first-order valence-corrected chi connectivity index (χ1v) is 8.62. The van der Waals surface area contributed by atoms with Gasteiger partial charge in [-0.25, -0.2) is 0 Å². The van der Waals surface area contributed by atoms with Crippen molar-refractivity contribution in [2.45, 2.75) is 51.5 Å². The summed E-state index contributed by atoms with van der Waals surface area (Å²) in [5.74, 6) is -0.0691. The fraction of sp³-hybridized carbons (Fsp3) is 0.526. The van der Waals surface area contributed by atoms with Crippen LogP contribution in [-0.2, 0) is 4.79 Å².